The summed E-state index contributed by atoms with van der Waals surface area (Å²) < 4.78 is 11.9. The molecule has 0 saturated carbocycles. The van der Waals surface area contributed by atoms with E-state index in [0.717, 1.165) is 18.3 Å². The Morgan fingerprint density at radius 2 is 1.56 bits per heavy atom. The summed E-state index contributed by atoms with van der Waals surface area (Å²) in [5.74, 6) is 0.694. The molecule has 0 aromatic carbocycles. The van der Waals surface area contributed by atoms with Gasteiger partial charge in [0.25, 0.3) is 0 Å². The first-order valence-corrected chi connectivity index (χ1v) is 6.19. The van der Waals surface area contributed by atoms with Crippen molar-refractivity contribution in [3.63, 3.8) is 0 Å². The lowest BCUT2D eigenvalue weighted by molar-refractivity contribution is 0.00578. The predicted molar refractivity (Wildman–Crippen MR) is 69.3 cm³/mol. The first kappa shape index (κ1) is 13.8. The minimum absolute atomic E-state index is 0.233. The molecule has 0 aromatic heterocycles. The Kier molecular flexibility index (Phi) is 3.91. The molecule has 0 radical (unpaired) electrons. The fourth-order valence-corrected chi connectivity index (χ4v) is 1.60. The van der Waals surface area contributed by atoms with E-state index >= 15 is 0 Å². The van der Waals surface area contributed by atoms with Crippen LogP contribution in [0.1, 0.15) is 54.4 Å². The van der Waals surface area contributed by atoms with E-state index in [4.69, 9.17) is 9.31 Å². The second kappa shape index (κ2) is 4.54. The van der Waals surface area contributed by atoms with Crippen molar-refractivity contribution in [3.8, 4) is 0 Å². The van der Waals surface area contributed by atoms with Crippen molar-refractivity contribution in [2.24, 2.45) is 5.92 Å². The Balaban J connectivity index is 2.56. The molecule has 1 aliphatic rings. The van der Waals surface area contributed by atoms with E-state index in [1.54, 1.807) is 0 Å². The SMILES string of the molecule is C=C(CCC(C)C)B1OC(C)(C)C(C)(C)O1. The van der Waals surface area contributed by atoms with Gasteiger partial charge in [-0.05, 0) is 51.9 Å². The molecule has 0 N–H and O–H groups in total. The molecule has 1 fully saturated rings. The third-order valence-electron chi connectivity index (χ3n) is 3.63. The highest BCUT2D eigenvalue weighted by atomic mass is 16.7. The molecular weight excluding hydrogens is 199 g/mol. The van der Waals surface area contributed by atoms with Gasteiger partial charge in [-0.15, -0.1) is 6.58 Å². The summed E-state index contributed by atoms with van der Waals surface area (Å²) in [6.45, 7) is 16.8. The Morgan fingerprint density at radius 3 is 1.94 bits per heavy atom. The Labute approximate surface area is 101 Å². The van der Waals surface area contributed by atoms with Gasteiger partial charge in [-0.1, -0.05) is 13.8 Å². The minimum Gasteiger partial charge on any atom is -0.400 e. The zero-order chi connectivity index (χ0) is 12.6. The van der Waals surface area contributed by atoms with Crippen LogP contribution in [0.5, 0.6) is 0 Å². The molecule has 0 unspecified atom stereocenters. The van der Waals surface area contributed by atoms with E-state index in [9.17, 15) is 0 Å². The molecule has 0 aliphatic carbocycles. The maximum Gasteiger partial charge on any atom is 0.489 e. The smallest absolute Gasteiger partial charge is 0.400 e. The molecule has 0 spiro atoms. The first-order valence-electron chi connectivity index (χ1n) is 6.19. The van der Waals surface area contributed by atoms with Crippen molar-refractivity contribution in [3.05, 3.63) is 12.1 Å². The van der Waals surface area contributed by atoms with Crippen LogP contribution in [0.2, 0.25) is 0 Å². The average molecular weight is 224 g/mol. The number of hydrogen-bond acceptors (Lipinski definition) is 2. The van der Waals surface area contributed by atoms with Crippen molar-refractivity contribution >= 4 is 7.12 Å². The number of allylic oxidation sites excluding steroid dienone is 1. The van der Waals surface area contributed by atoms with Gasteiger partial charge in [0.05, 0.1) is 11.2 Å². The molecule has 1 aliphatic heterocycles. The van der Waals surface area contributed by atoms with Crippen LogP contribution in [-0.2, 0) is 9.31 Å². The normalized spacial score (nSPS) is 22.8. The monoisotopic (exact) mass is 224 g/mol. The van der Waals surface area contributed by atoms with Gasteiger partial charge in [0.2, 0.25) is 0 Å². The largest absolute Gasteiger partial charge is 0.489 e. The molecule has 0 aromatic rings. The first-order chi connectivity index (χ1) is 7.16. The number of hydrogen-bond donors (Lipinski definition) is 0. The van der Waals surface area contributed by atoms with Crippen LogP contribution in [0.3, 0.4) is 0 Å². The molecule has 0 bridgehead atoms. The van der Waals surface area contributed by atoms with Gasteiger partial charge in [0.15, 0.2) is 0 Å². The van der Waals surface area contributed by atoms with Crippen LogP contribution in [0.25, 0.3) is 0 Å². The summed E-state index contributed by atoms with van der Waals surface area (Å²) in [6.07, 6.45) is 2.12. The fourth-order valence-electron chi connectivity index (χ4n) is 1.60. The summed E-state index contributed by atoms with van der Waals surface area (Å²) in [5.41, 5.74) is 0.559. The lowest BCUT2D eigenvalue weighted by Crippen LogP contribution is -2.41. The molecular formula is C13H25BO2. The summed E-state index contributed by atoms with van der Waals surface area (Å²) in [5, 5.41) is 0. The topological polar surface area (TPSA) is 18.5 Å². The van der Waals surface area contributed by atoms with Gasteiger partial charge in [-0.25, -0.2) is 0 Å². The van der Waals surface area contributed by atoms with Crippen molar-refractivity contribution < 1.29 is 9.31 Å². The Morgan fingerprint density at radius 1 is 1.12 bits per heavy atom. The highest BCUT2D eigenvalue weighted by Crippen LogP contribution is 2.38. The summed E-state index contributed by atoms with van der Waals surface area (Å²) in [7, 11) is -0.233. The van der Waals surface area contributed by atoms with E-state index < -0.39 is 0 Å². The highest BCUT2D eigenvalue weighted by molar-refractivity contribution is 6.54. The maximum absolute atomic E-state index is 5.94. The van der Waals surface area contributed by atoms with Crippen LogP contribution in [0.4, 0.5) is 0 Å². The molecule has 1 saturated heterocycles. The van der Waals surface area contributed by atoms with E-state index in [-0.39, 0.29) is 18.3 Å². The zero-order valence-electron chi connectivity index (χ0n) is 11.6. The molecule has 2 nitrogen and oxygen atoms in total. The van der Waals surface area contributed by atoms with Crippen molar-refractivity contribution in [1.29, 1.82) is 0 Å². The second-order valence-electron chi connectivity index (χ2n) is 6.18. The molecule has 1 heterocycles. The standard InChI is InChI=1S/C13H25BO2/c1-10(2)8-9-11(3)14-15-12(4,5)13(6,7)16-14/h10H,3,8-9H2,1-2,4-7H3. The molecule has 16 heavy (non-hydrogen) atoms. The highest BCUT2D eigenvalue weighted by Gasteiger charge is 2.51. The van der Waals surface area contributed by atoms with Crippen LogP contribution in [-0.4, -0.2) is 18.3 Å². The Bertz CT molecular complexity index is 253. The maximum atomic E-state index is 5.94. The van der Waals surface area contributed by atoms with E-state index in [2.05, 4.69) is 48.1 Å². The number of rotatable bonds is 4. The summed E-state index contributed by atoms with van der Waals surface area (Å²) in [6, 6.07) is 0. The van der Waals surface area contributed by atoms with Gasteiger partial charge in [0.1, 0.15) is 0 Å². The van der Waals surface area contributed by atoms with E-state index in [0.29, 0.717) is 5.92 Å². The fraction of sp³-hybridized carbons (Fsp3) is 0.846. The molecule has 0 atom stereocenters. The van der Waals surface area contributed by atoms with Crippen molar-refractivity contribution in [2.75, 3.05) is 0 Å². The summed E-state index contributed by atoms with van der Waals surface area (Å²) in [4.78, 5) is 0. The van der Waals surface area contributed by atoms with Crippen LogP contribution >= 0.6 is 0 Å². The van der Waals surface area contributed by atoms with Crippen molar-refractivity contribution in [2.45, 2.75) is 65.6 Å². The Hall–Kier alpha value is -0.275. The molecule has 92 valence electrons. The molecule has 3 heteroatoms. The van der Waals surface area contributed by atoms with Gasteiger partial charge in [0, 0.05) is 0 Å². The summed E-state index contributed by atoms with van der Waals surface area (Å²) >= 11 is 0. The third kappa shape index (κ3) is 2.89. The van der Waals surface area contributed by atoms with Gasteiger partial charge in [-0.3, -0.25) is 0 Å². The van der Waals surface area contributed by atoms with Crippen LogP contribution < -0.4 is 0 Å². The quantitative estimate of drug-likeness (QED) is 0.679. The average Bonchev–Trinajstić information content (AvgIpc) is 2.32. The van der Waals surface area contributed by atoms with Gasteiger partial charge < -0.3 is 9.31 Å². The lowest BCUT2D eigenvalue weighted by atomic mass is 9.76. The van der Waals surface area contributed by atoms with Crippen LogP contribution in [0, 0.1) is 5.92 Å². The third-order valence-corrected chi connectivity index (χ3v) is 3.63. The van der Waals surface area contributed by atoms with E-state index in [1.807, 2.05) is 0 Å². The van der Waals surface area contributed by atoms with Gasteiger partial charge >= 0.3 is 7.12 Å². The van der Waals surface area contributed by atoms with Gasteiger partial charge in [-0.2, -0.15) is 0 Å². The van der Waals surface area contributed by atoms with Crippen LogP contribution in [0.15, 0.2) is 12.1 Å². The molecule has 1 rings (SSSR count). The lowest BCUT2D eigenvalue weighted by Gasteiger charge is -2.32. The minimum atomic E-state index is -0.252. The van der Waals surface area contributed by atoms with E-state index in [1.165, 1.54) is 0 Å². The second-order valence-corrected chi connectivity index (χ2v) is 6.18. The predicted octanol–water partition coefficient (Wildman–Crippen LogP) is 3.61. The molecule has 0 amide bonds. The van der Waals surface area contributed by atoms with Crippen molar-refractivity contribution in [1.82, 2.24) is 0 Å². The zero-order valence-corrected chi connectivity index (χ0v) is 11.6.